The summed E-state index contributed by atoms with van der Waals surface area (Å²) in [5.41, 5.74) is 0. The van der Waals surface area contributed by atoms with Gasteiger partial charge >= 0.3 is 5.97 Å². The molecule has 0 aromatic carbocycles. The zero-order chi connectivity index (χ0) is 11.3. The van der Waals surface area contributed by atoms with E-state index in [1.807, 2.05) is 0 Å². The first kappa shape index (κ1) is 12.5. The summed E-state index contributed by atoms with van der Waals surface area (Å²) < 4.78 is 0. The van der Waals surface area contributed by atoms with Crippen LogP contribution in [0.1, 0.15) is 46.0 Å². The minimum absolute atomic E-state index is 0.299. The number of hydrogen-bond acceptors (Lipinski definition) is 2. The van der Waals surface area contributed by atoms with E-state index in [0.717, 1.165) is 25.4 Å². The maximum atomic E-state index is 10.4. The van der Waals surface area contributed by atoms with Crippen LogP contribution in [0.5, 0.6) is 0 Å². The van der Waals surface area contributed by atoms with Crippen LogP contribution in [-0.4, -0.2) is 35.1 Å². The van der Waals surface area contributed by atoms with Crippen LogP contribution in [-0.2, 0) is 4.79 Å². The Morgan fingerprint density at radius 2 is 2.13 bits per heavy atom. The van der Waals surface area contributed by atoms with Crippen LogP contribution in [0.15, 0.2) is 0 Å². The summed E-state index contributed by atoms with van der Waals surface area (Å²) >= 11 is 0. The largest absolute Gasteiger partial charge is 0.481 e. The molecule has 3 heteroatoms. The molecule has 1 N–H and O–H groups in total. The Balaban J connectivity index is 2.20. The number of carboxylic acids is 1. The molecule has 0 aliphatic heterocycles. The average molecular weight is 213 g/mol. The quantitative estimate of drug-likeness (QED) is 0.705. The van der Waals surface area contributed by atoms with E-state index >= 15 is 0 Å². The SMILES string of the molecule is CC(C)N(CCCC(=O)O)CC1CCC1. The monoisotopic (exact) mass is 213 g/mol. The Kier molecular flexibility index (Phi) is 5.09. The third kappa shape index (κ3) is 4.65. The topological polar surface area (TPSA) is 40.5 Å². The molecule has 0 aromatic rings. The van der Waals surface area contributed by atoms with Gasteiger partial charge in [0.25, 0.3) is 0 Å². The zero-order valence-electron chi connectivity index (χ0n) is 9.91. The van der Waals surface area contributed by atoms with E-state index in [1.54, 1.807) is 0 Å². The third-order valence-electron chi connectivity index (χ3n) is 3.28. The molecule has 0 aromatic heterocycles. The summed E-state index contributed by atoms with van der Waals surface area (Å²) in [5, 5.41) is 8.59. The van der Waals surface area contributed by atoms with Crippen LogP contribution < -0.4 is 0 Å². The van der Waals surface area contributed by atoms with Gasteiger partial charge in [0.05, 0.1) is 0 Å². The van der Waals surface area contributed by atoms with Gasteiger partial charge in [-0.1, -0.05) is 6.42 Å². The molecule has 1 fully saturated rings. The number of carboxylic acid groups (broad SMARTS) is 1. The normalized spacial score (nSPS) is 17.1. The standard InChI is InChI=1S/C12H23NO2/c1-10(2)13(8-4-7-12(14)15)9-11-5-3-6-11/h10-11H,3-9H2,1-2H3,(H,14,15). The molecule has 0 spiro atoms. The van der Waals surface area contributed by atoms with E-state index in [0.29, 0.717) is 12.5 Å². The molecule has 1 aliphatic rings. The molecule has 15 heavy (non-hydrogen) atoms. The fourth-order valence-electron chi connectivity index (χ4n) is 2.00. The first-order valence-corrected chi connectivity index (χ1v) is 6.05. The van der Waals surface area contributed by atoms with Crippen LogP contribution >= 0.6 is 0 Å². The van der Waals surface area contributed by atoms with Crippen LogP contribution in [0.4, 0.5) is 0 Å². The molecule has 1 saturated carbocycles. The fourth-order valence-corrected chi connectivity index (χ4v) is 2.00. The molecule has 0 amide bonds. The van der Waals surface area contributed by atoms with Gasteiger partial charge in [0, 0.05) is 19.0 Å². The maximum Gasteiger partial charge on any atom is 0.303 e. The van der Waals surface area contributed by atoms with Crippen molar-refractivity contribution in [1.29, 1.82) is 0 Å². The lowest BCUT2D eigenvalue weighted by Gasteiger charge is -2.34. The van der Waals surface area contributed by atoms with Gasteiger partial charge in [-0.3, -0.25) is 4.79 Å². The predicted molar refractivity (Wildman–Crippen MR) is 60.9 cm³/mol. The van der Waals surface area contributed by atoms with Crippen LogP contribution in [0.25, 0.3) is 0 Å². The van der Waals surface area contributed by atoms with Gasteiger partial charge in [0.1, 0.15) is 0 Å². The van der Waals surface area contributed by atoms with E-state index in [9.17, 15) is 4.79 Å². The third-order valence-corrected chi connectivity index (χ3v) is 3.28. The van der Waals surface area contributed by atoms with Crippen molar-refractivity contribution in [2.45, 2.75) is 52.0 Å². The number of hydrogen-bond donors (Lipinski definition) is 1. The van der Waals surface area contributed by atoms with Gasteiger partial charge in [0.15, 0.2) is 0 Å². The molecule has 3 nitrogen and oxygen atoms in total. The molecule has 1 rings (SSSR count). The summed E-state index contributed by atoms with van der Waals surface area (Å²) in [6.07, 6.45) is 5.18. The van der Waals surface area contributed by atoms with Crippen molar-refractivity contribution in [3.05, 3.63) is 0 Å². The molecular formula is C12H23NO2. The van der Waals surface area contributed by atoms with Crippen molar-refractivity contribution in [3.8, 4) is 0 Å². The zero-order valence-corrected chi connectivity index (χ0v) is 9.91. The van der Waals surface area contributed by atoms with Crippen molar-refractivity contribution >= 4 is 5.97 Å². The maximum absolute atomic E-state index is 10.4. The van der Waals surface area contributed by atoms with E-state index in [-0.39, 0.29) is 0 Å². The number of carbonyl (C=O) groups is 1. The minimum atomic E-state index is -0.678. The number of aliphatic carboxylic acids is 1. The smallest absolute Gasteiger partial charge is 0.303 e. The fraction of sp³-hybridized carbons (Fsp3) is 0.917. The highest BCUT2D eigenvalue weighted by Gasteiger charge is 2.21. The van der Waals surface area contributed by atoms with Gasteiger partial charge in [-0.2, -0.15) is 0 Å². The second-order valence-corrected chi connectivity index (χ2v) is 4.88. The van der Waals surface area contributed by atoms with E-state index in [2.05, 4.69) is 18.7 Å². The molecule has 0 radical (unpaired) electrons. The summed E-state index contributed by atoms with van der Waals surface area (Å²) in [5.74, 6) is 0.194. The highest BCUT2D eigenvalue weighted by atomic mass is 16.4. The van der Waals surface area contributed by atoms with E-state index < -0.39 is 5.97 Å². The van der Waals surface area contributed by atoms with E-state index in [4.69, 9.17) is 5.11 Å². The average Bonchev–Trinajstić information content (AvgIpc) is 2.06. The van der Waals surface area contributed by atoms with Gasteiger partial charge in [-0.05, 0) is 45.6 Å². The first-order valence-electron chi connectivity index (χ1n) is 6.05. The Labute approximate surface area is 92.5 Å². The summed E-state index contributed by atoms with van der Waals surface area (Å²) in [7, 11) is 0. The minimum Gasteiger partial charge on any atom is -0.481 e. The van der Waals surface area contributed by atoms with Crippen molar-refractivity contribution in [3.63, 3.8) is 0 Å². The van der Waals surface area contributed by atoms with Gasteiger partial charge < -0.3 is 10.0 Å². The van der Waals surface area contributed by atoms with Crippen molar-refractivity contribution < 1.29 is 9.90 Å². The van der Waals surface area contributed by atoms with Crippen LogP contribution in [0.2, 0.25) is 0 Å². The molecule has 1 aliphatic carbocycles. The van der Waals surface area contributed by atoms with Crippen molar-refractivity contribution in [2.24, 2.45) is 5.92 Å². The second-order valence-electron chi connectivity index (χ2n) is 4.88. The second kappa shape index (κ2) is 6.11. The van der Waals surface area contributed by atoms with E-state index in [1.165, 1.54) is 19.3 Å². The summed E-state index contributed by atoms with van der Waals surface area (Å²) in [6.45, 7) is 6.48. The molecule has 0 atom stereocenters. The highest BCUT2D eigenvalue weighted by Crippen LogP contribution is 2.27. The number of nitrogens with zero attached hydrogens (tertiary/aromatic N) is 1. The Morgan fingerprint density at radius 3 is 2.53 bits per heavy atom. The van der Waals surface area contributed by atoms with Crippen LogP contribution in [0, 0.1) is 5.92 Å². The van der Waals surface area contributed by atoms with Crippen molar-refractivity contribution in [1.82, 2.24) is 4.90 Å². The van der Waals surface area contributed by atoms with Gasteiger partial charge in [-0.25, -0.2) is 0 Å². The van der Waals surface area contributed by atoms with Crippen molar-refractivity contribution in [2.75, 3.05) is 13.1 Å². The molecule has 0 unspecified atom stereocenters. The first-order chi connectivity index (χ1) is 7.09. The number of rotatable bonds is 7. The Bertz CT molecular complexity index is 200. The highest BCUT2D eigenvalue weighted by molar-refractivity contribution is 5.66. The van der Waals surface area contributed by atoms with Crippen LogP contribution in [0.3, 0.4) is 0 Å². The molecular weight excluding hydrogens is 190 g/mol. The Hall–Kier alpha value is -0.570. The lowest BCUT2D eigenvalue weighted by Crippen LogP contribution is -2.38. The Morgan fingerprint density at radius 1 is 1.47 bits per heavy atom. The molecule has 0 bridgehead atoms. The predicted octanol–water partition coefficient (Wildman–Crippen LogP) is 2.36. The molecule has 0 saturated heterocycles. The molecule has 88 valence electrons. The molecule has 0 heterocycles. The lowest BCUT2D eigenvalue weighted by molar-refractivity contribution is -0.137. The lowest BCUT2D eigenvalue weighted by atomic mass is 9.85. The van der Waals surface area contributed by atoms with Gasteiger partial charge in [0.2, 0.25) is 0 Å². The van der Waals surface area contributed by atoms with Gasteiger partial charge in [-0.15, -0.1) is 0 Å². The summed E-state index contributed by atoms with van der Waals surface area (Å²) in [4.78, 5) is 12.8. The summed E-state index contributed by atoms with van der Waals surface area (Å²) in [6, 6.07) is 0.541.